The van der Waals surface area contributed by atoms with Crippen LogP contribution in [0.1, 0.15) is 24.5 Å². The average Bonchev–Trinajstić information content (AvgIpc) is 2.67. The molecule has 0 aromatic heterocycles. The molecule has 3 aromatic rings. The lowest BCUT2D eigenvalue weighted by molar-refractivity contribution is 0.446. The molecule has 3 rings (SSSR count). The van der Waals surface area contributed by atoms with Crippen molar-refractivity contribution < 1.29 is 13.2 Å². The summed E-state index contributed by atoms with van der Waals surface area (Å²) < 4.78 is 40.3. The van der Waals surface area contributed by atoms with Gasteiger partial charge in [0.15, 0.2) is 17.5 Å². The number of rotatable bonds is 6. The number of halogens is 3. The van der Waals surface area contributed by atoms with Crippen LogP contribution in [-0.4, -0.2) is 8.07 Å². The Morgan fingerprint density at radius 2 is 1.21 bits per heavy atom. The van der Waals surface area contributed by atoms with E-state index >= 15 is 0 Å². The summed E-state index contributed by atoms with van der Waals surface area (Å²) in [7, 11) is -1.98. The van der Waals surface area contributed by atoms with E-state index in [1.54, 1.807) is 0 Å². The monoisotopic (exact) mass is 398 g/mol. The van der Waals surface area contributed by atoms with Crippen LogP contribution in [0.25, 0.3) is 11.1 Å². The van der Waals surface area contributed by atoms with Crippen LogP contribution in [-0.2, 0) is 12.5 Å². The van der Waals surface area contributed by atoms with Crippen LogP contribution >= 0.6 is 0 Å². The molecule has 0 amide bonds. The zero-order chi connectivity index (χ0) is 20.3. The van der Waals surface area contributed by atoms with Crippen molar-refractivity contribution in [3.63, 3.8) is 0 Å². The predicted octanol–water partition coefficient (Wildman–Crippen LogP) is 6.42. The second kappa shape index (κ2) is 8.35. The minimum absolute atomic E-state index is 0.503. The molecule has 0 spiro atoms. The van der Waals surface area contributed by atoms with Crippen molar-refractivity contribution in [3.8, 4) is 11.1 Å². The van der Waals surface area contributed by atoms with Gasteiger partial charge in [0.25, 0.3) is 0 Å². The Kier molecular flexibility index (Phi) is 6.09. The molecule has 0 bridgehead atoms. The smallest absolute Gasteiger partial charge is 0.194 e. The lowest BCUT2D eigenvalue weighted by Crippen LogP contribution is -2.44. The number of hydrogen-bond acceptors (Lipinski definition) is 0. The highest BCUT2D eigenvalue weighted by molar-refractivity contribution is 6.89. The van der Waals surface area contributed by atoms with Crippen LogP contribution < -0.4 is 5.19 Å². The van der Waals surface area contributed by atoms with Gasteiger partial charge in [0.05, 0.1) is 8.07 Å². The molecule has 0 saturated heterocycles. The van der Waals surface area contributed by atoms with E-state index in [2.05, 4.69) is 68.5 Å². The maximum atomic E-state index is 13.5. The third-order valence-electron chi connectivity index (χ3n) is 5.18. The third-order valence-corrected chi connectivity index (χ3v) is 8.37. The summed E-state index contributed by atoms with van der Waals surface area (Å²) in [6.07, 6.45) is 2.22. The van der Waals surface area contributed by atoms with Gasteiger partial charge in [-0.1, -0.05) is 80.2 Å². The van der Waals surface area contributed by atoms with Gasteiger partial charge in [0, 0.05) is 0 Å². The summed E-state index contributed by atoms with van der Waals surface area (Å²) in [5.41, 5.74) is 4.17. The van der Waals surface area contributed by atoms with E-state index in [-0.39, 0.29) is 0 Å². The van der Waals surface area contributed by atoms with Crippen molar-refractivity contribution >= 4 is 13.3 Å². The molecule has 146 valence electrons. The molecule has 0 saturated carbocycles. The summed E-state index contributed by atoms with van der Waals surface area (Å²) >= 11 is 0. The van der Waals surface area contributed by atoms with Crippen LogP contribution in [0.2, 0.25) is 13.1 Å². The van der Waals surface area contributed by atoms with Gasteiger partial charge in [0.1, 0.15) is 0 Å². The zero-order valence-electron chi connectivity index (χ0n) is 16.5. The SMILES string of the molecule is CCCc1ccc(-c2ccc([Si](C)(C)Cc3cc(F)c(F)c(F)c3)cc2)cc1. The first-order valence-electron chi connectivity index (χ1n) is 9.63. The summed E-state index contributed by atoms with van der Waals surface area (Å²) in [5.74, 6) is -3.65. The fourth-order valence-electron chi connectivity index (χ4n) is 3.59. The Morgan fingerprint density at radius 3 is 1.71 bits per heavy atom. The number of benzene rings is 3. The van der Waals surface area contributed by atoms with Gasteiger partial charge in [-0.2, -0.15) is 0 Å². The Balaban J connectivity index is 1.79. The summed E-state index contributed by atoms with van der Waals surface area (Å²) in [6.45, 7) is 6.48. The van der Waals surface area contributed by atoms with E-state index in [1.165, 1.54) is 16.3 Å². The maximum absolute atomic E-state index is 13.5. The molecule has 28 heavy (non-hydrogen) atoms. The predicted molar refractivity (Wildman–Crippen MR) is 113 cm³/mol. The first-order chi connectivity index (χ1) is 13.3. The minimum atomic E-state index is -1.98. The van der Waals surface area contributed by atoms with Crippen molar-refractivity contribution in [2.24, 2.45) is 0 Å². The van der Waals surface area contributed by atoms with Gasteiger partial charge >= 0.3 is 0 Å². The Hall–Kier alpha value is -2.33. The van der Waals surface area contributed by atoms with E-state index in [4.69, 9.17) is 0 Å². The molecule has 0 nitrogen and oxygen atoms in total. The van der Waals surface area contributed by atoms with E-state index in [1.807, 2.05) is 0 Å². The fourth-order valence-corrected chi connectivity index (χ4v) is 6.09. The molecule has 0 heterocycles. The average molecular weight is 399 g/mol. The molecule has 0 aliphatic rings. The van der Waals surface area contributed by atoms with Gasteiger partial charge in [-0.15, -0.1) is 0 Å². The molecule has 0 N–H and O–H groups in total. The Bertz CT molecular complexity index is 922. The van der Waals surface area contributed by atoms with Crippen molar-refractivity contribution in [2.75, 3.05) is 0 Å². The van der Waals surface area contributed by atoms with Gasteiger partial charge in [-0.05, 0) is 46.9 Å². The maximum Gasteiger partial charge on any atom is 0.194 e. The summed E-state index contributed by atoms with van der Waals surface area (Å²) in [6, 6.07) is 19.8. The van der Waals surface area contributed by atoms with Crippen molar-refractivity contribution in [3.05, 3.63) is 89.2 Å². The molecular formula is C24H25F3Si. The standard InChI is InChI=1S/C24H25F3Si/c1-4-5-17-6-8-19(9-7-17)20-10-12-21(13-11-20)28(2,3)16-18-14-22(25)24(27)23(26)15-18/h6-15H,4-5,16H2,1-3H3. The normalized spacial score (nSPS) is 11.6. The van der Waals surface area contributed by atoms with E-state index in [0.29, 0.717) is 11.6 Å². The first-order valence-corrected chi connectivity index (χ1v) is 12.8. The van der Waals surface area contributed by atoms with E-state index in [9.17, 15) is 13.2 Å². The molecule has 3 aromatic carbocycles. The van der Waals surface area contributed by atoms with E-state index < -0.39 is 25.5 Å². The minimum Gasteiger partial charge on any atom is -0.204 e. The highest BCUT2D eigenvalue weighted by atomic mass is 28.3. The van der Waals surface area contributed by atoms with Crippen LogP contribution in [0.15, 0.2) is 60.7 Å². The molecule has 0 aliphatic carbocycles. The Labute approximate surface area is 166 Å². The van der Waals surface area contributed by atoms with Gasteiger partial charge in [0.2, 0.25) is 0 Å². The van der Waals surface area contributed by atoms with Gasteiger partial charge in [-0.3, -0.25) is 0 Å². The topological polar surface area (TPSA) is 0 Å². The molecular weight excluding hydrogens is 373 g/mol. The molecule has 0 atom stereocenters. The molecule has 0 unspecified atom stereocenters. The second-order valence-corrected chi connectivity index (χ2v) is 12.7. The van der Waals surface area contributed by atoms with Crippen LogP contribution in [0.5, 0.6) is 0 Å². The summed E-state index contributed by atoms with van der Waals surface area (Å²) in [5, 5.41) is 1.20. The fraction of sp³-hybridized carbons (Fsp3) is 0.250. The largest absolute Gasteiger partial charge is 0.204 e. The first kappa shape index (κ1) is 20.4. The second-order valence-electron chi connectivity index (χ2n) is 7.96. The molecule has 0 fully saturated rings. The third kappa shape index (κ3) is 4.56. The molecule has 4 heteroatoms. The highest BCUT2D eigenvalue weighted by Gasteiger charge is 2.25. The summed E-state index contributed by atoms with van der Waals surface area (Å²) in [4.78, 5) is 0. The lowest BCUT2D eigenvalue weighted by Gasteiger charge is -2.23. The van der Waals surface area contributed by atoms with Crippen LogP contribution in [0.3, 0.4) is 0 Å². The Morgan fingerprint density at radius 1 is 0.714 bits per heavy atom. The van der Waals surface area contributed by atoms with Crippen molar-refractivity contribution in [1.82, 2.24) is 0 Å². The number of aryl methyl sites for hydroxylation is 1. The van der Waals surface area contributed by atoms with E-state index in [0.717, 1.165) is 30.5 Å². The quantitative estimate of drug-likeness (QED) is 0.332. The van der Waals surface area contributed by atoms with Gasteiger partial charge < -0.3 is 0 Å². The zero-order valence-corrected chi connectivity index (χ0v) is 17.5. The number of hydrogen-bond donors (Lipinski definition) is 0. The molecule has 0 radical (unpaired) electrons. The van der Waals surface area contributed by atoms with Crippen molar-refractivity contribution in [2.45, 2.75) is 38.9 Å². The van der Waals surface area contributed by atoms with Crippen LogP contribution in [0, 0.1) is 17.5 Å². The lowest BCUT2D eigenvalue weighted by atomic mass is 10.0. The molecule has 0 aliphatic heterocycles. The van der Waals surface area contributed by atoms with Gasteiger partial charge in [-0.25, -0.2) is 13.2 Å². The van der Waals surface area contributed by atoms with Crippen molar-refractivity contribution in [1.29, 1.82) is 0 Å². The highest BCUT2D eigenvalue weighted by Crippen LogP contribution is 2.22. The van der Waals surface area contributed by atoms with Crippen LogP contribution in [0.4, 0.5) is 13.2 Å².